The third-order valence-electron chi connectivity index (χ3n) is 3.06. The SMILES string of the molecule is COc1ccc(CO[C@@H]2CCC(=O)C(=O)C2)cc1. The monoisotopic (exact) mass is 248 g/mol. The summed E-state index contributed by atoms with van der Waals surface area (Å²) >= 11 is 0. The fourth-order valence-corrected chi connectivity index (χ4v) is 1.93. The lowest BCUT2D eigenvalue weighted by Gasteiger charge is -2.20. The van der Waals surface area contributed by atoms with Crippen molar-refractivity contribution in [1.82, 2.24) is 0 Å². The molecule has 0 heterocycles. The van der Waals surface area contributed by atoms with Gasteiger partial charge in [-0.2, -0.15) is 0 Å². The number of methoxy groups -OCH3 is 1. The minimum absolute atomic E-state index is 0.127. The molecular weight excluding hydrogens is 232 g/mol. The smallest absolute Gasteiger partial charge is 0.200 e. The van der Waals surface area contributed by atoms with Crippen molar-refractivity contribution in [1.29, 1.82) is 0 Å². The van der Waals surface area contributed by atoms with Gasteiger partial charge in [-0.1, -0.05) is 12.1 Å². The molecule has 18 heavy (non-hydrogen) atoms. The average Bonchev–Trinajstić information content (AvgIpc) is 2.41. The van der Waals surface area contributed by atoms with Gasteiger partial charge in [0.25, 0.3) is 0 Å². The number of ketones is 2. The Bertz CT molecular complexity index is 436. The van der Waals surface area contributed by atoms with Crippen molar-refractivity contribution < 1.29 is 19.1 Å². The van der Waals surface area contributed by atoms with E-state index in [4.69, 9.17) is 9.47 Å². The maximum absolute atomic E-state index is 11.3. The standard InChI is InChI=1S/C14H16O4/c1-17-11-4-2-10(3-5-11)9-18-12-6-7-13(15)14(16)8-12/h2-5,12H,6-9H2,1H3/t12-/m1/s1. The van der Waals surface area contributed by atoms with Gasteiger partial charge in [-0.25, -0.2) is 0 Å². The average molecular weight is 248 g/mol. The first kappa shape index (κ1) is 12.8. The van der Waals surface area contributed by atoms with E-state index in [9.17, 15) is 9.59 Å². The van der Waals surface area contributed by atoms with Gasteiger partial charge < -0.3 is 9.47 Å². The van der Waals surface area contributed by atoms with E-state index >= 15 is 0 Å². The largest absolute Gasteiger partial charge is 0.497 e. The predicted octanol–water partition coefficient (Wildman–Crippen LogP) is 1.90. The van der Waals surface area contributed by atoms with Gasteiger partial charge in [0, 0.05) is 12.8 Å². The summed E-state index contributed by atoms with van der Waals surface area (Å²) < 4.78 is 10.7. The van der Waals surface area contributed by atoms with E-state index in [-0.39, 0.29) is 24.1 Å². The second-order valence-corrected chi connectivity index (χ2v) is 4.37. The van der Waals surface area contributed by atoms with Gasteiger partial charge >= 0.3 is 0 Å². The summed E-state index contributed by atoms with van der Waals surface area (Å²) in [5.74, 6) is 0.234. The molecule has 96 valence electrons. The first-order chi connectivity index (χ1) is 8.69. The van der Waals surface area contributed by atoms with Gasteiger partial charge in [-0.15, -0.1) is 0 Å². The molecule has 0 bridgehead atoms. The third kappa shape index (κ3) is 3.17. The van der Waals surface area contributed by atoms with Crippen LogP contribution in [-0.4, -0.2) is 24.8 Å². The van der Waals surface area contributed by atoms with Gasteiger partial charge in [0.05, 0.1) is 19.8 Å². The lowest BCUT2D eigenvalue weighted by Crippen LogP contribution is -2.29. The number of ether oxygens (including phenoxy) is 2. The topological polar surface area (TPSA) is 52.6 Å². The molecule has 0 aliphatic heterocycles. The Hall–Kier alpha value is -1.68. The van der Waals surface area contributed by atoms with Crippen LogP contribution in [0.25, 0.3) is 0 Å². The molecular formula is C14H16O4. The van der Waals surface area contributed by atoms with E-state index in [1.54, 1.807) is 7.11 Å². The highest BCUT2D eigenvalue weighted by Gasteiger charge is 2.26. The Labute approximate surface area is 106 Å². The zero-order valence-electron chi connectivity index (χ0n) is 10.3. The number of carbonyl (C=O) groups is 2. The Kier molecular flexibility index (Phi) is 4.10. The molecule has 0 unspecified atom stereocenters. The summed E-state index contributed by atoms with van der Waals surface area (Å²) in [7, 11) is 1.62. The lowest BCUT2D eigenvalue weighted by atomic mass is 9.95. The summed E-state index contributed by atoms with van der Waals surface area (Å²) in [6.07, 6.45) is 1.04. The molecule has 1 atom stereocenters. The predicted molar refractivity (Wildman–Crippen MR) is 65.4 cm³/mol. The number of Topliss-reactive ketones (excluding diaryl/α,β-unsaturated/α-hetero) is 2. The van der Waals surface area contributed by atoms with Crippen LogP contribution in [0.1, 0.15) is 24.8 Å². The van der Waals surface area contributed by atoms with Crippen molar-refractivity contribution in [2.45, 2.75) is 32.0 Å². The second-order valence-electron chi connectivity index (χ2n) is 4.37. The van der Waals surface area contributed by atoms with Crippen molar-refractivity contribution in [2.75, 3.05) is 7.11 Å². The molecule has 2 rings (SSSR count). The van der Waals surface area contributed by atoms with E-state index in [2.05, 4.69) is 0 Å². The highest BCUT2D eigenvalue weighted by molar-refractivity contribution is 6.37. The van der Waals surface area contributed by atoms with Crippen LogP contribution < -0.4 is 4.74 Å². The van der Waals surface area contributed by atoms with E-state index < -0.39 is 0 Å². The van der Waals surface area contributed by atoms with Gasteiger partial charge in [-0.3, -0.25) is 9.59 Å². The number of carbonyl (C=O) groups excluding carboxylic acids is 2. The first-order valence-electron chi connectivity index (χ1n) is 5.99. The molecule has 1 aromatic carbocycles. The van der Waals surface area contributed by atoms with Crippen LogP contribution in [0.3, 0.4) is 0 Å². The van der Waals surface area contributed by atoms with E-state index in [0.29, 0.717) is 19.4 Å². The number of rotatable bonds is 4. The Balaban J connectivity index is 1.84. The van der Waals surface area contributed by atoms with Crippen molar-refractivity contribution in [3.63, 3.8) is 0 Å². The van der Waals surface area contributed by atoms with Crippen LogP contribution >= 0.6 is 0 Å². The zero-order chi connectivity index (χ0) is 13.0. The summed E-state index contributed by atoms with van der Waals surface area (Å²) in [5.41, 5.74) is 1.03. The molecule has 1 saturated carbocycles. The van der Waals surface area contributed by atoms with E-state index in [1.807, 2.05) is 24.3 Å². The molecule has 0 radical (unpaired) electrons. The maximum atomic E-state index is 11.3. The molecule has 0 spiro atoms. The molecule has 0 saturated heterocycles. The van der Waals surface area contributed by atoms with Crippen molar-refractivity contribution in [2.24, 2.45) is 0 Å². The molecule has 1 aliphatic carbocycles. The summed E-state index contributed by atoms with van der Waals surface area (Å²) in [6.45, 7) is 0.454. The highest BCUT2D eigenvalue weighted by Crippen LogP contribution is 2.18. The fraction of sp³-hybridized carbons (Fsp3) is 0.429. The normalized spacial score (nSPS) is 19.9. The van der Waals surface area contributed by atoms with Crippen LogP contribution in [0.15, 0.2) is 24.3 Å². The van der Waals surface area contributed by atoms with Gasteiger partial charge in [0.15, 0.2) is 5.78 Å². The maximum Gasteiger partial charge on any atom is 0.200 e. The van der Waals surface area contributed by atoms with Gasteiger partial charge in [0.2, 0.25) is 5.78 Å². The highest BCUT2D eigenvalue weighted by atomic mass is 16.5. The van der Waals surface area contributed by atoms with E-state index in [1.165, 1.54) is 0 Å². The minimum Gasteiger partial charge on any atom is -0.497 e. The molecule has 0 N–H and O–H groups in total. The Morgan fingerprint density at radius 1 is 1.17 bits per heavy atom. The lowest BCUT2D eigenvalue weighted by molar-refractivity contribution is -0.141. The molecule has 0 aromatic heterocycles. The van der Waals surface area contributed by atoms with Gasteiger partial charge in [0.1, 0.15) is 5.75 Å². The third-order valence-corrected chi connectivity index (χ3v) is 3.06. The molecule has 1 aromatic rings. The molecule has 0 amide bonds. The second kappa shape index (κ2) is 5.78. The first-order valence-corrected chi connectivity index (χ1v) is 5.99. The Morgan fingerprint density at radius 2 is 1.89 bits per heavy atom. The number of hydrogen-bond acceptors (Lipinski definition) is 4. The van der Waals surface area contributed by atoms with Crippen LogP contribution in [0.2, 0.25) is 0 Å². The summed E-state index contributed by atoms with van der Waals surface area (Å²) in [5, 5.41) is 0. The summed E-state index contributed by atoms with van der Waals surface area (Å²) in [4.78, 5) is 22.3. The van der Waals surface area contributed by atoms with Crippen molar-refractivity contribution in [3.05, 3.63) is 29.8 Å². The fourth-order valence-electron chi connectivity index (χ4n) is 1.93. The van der Waals surface area contributed by atoms with Crippen molar-refractivity contribution >= 4 is 11.6 Å². The van der Waals surface area contributed by atoms with E-state index in [0.717, 1.165) is 11.3 Å². The summed E-state index contributed by atoms with van der Waals surface area (Å²) in [6, 6.07) is 7.59. The van der Waals surface area contributed by atoms with Gasteiger partial charge in [-0.05, 0) is 24.1 Å². The van der Waals surface area contributed by atoms with Crippen LogP contribution in [0.4, 0.5) is 0 Å². The Morgan fingerprint density at radius 3 is 2.50 bits per heavy atom. The zero-order valence-corrected chi connectivity index (χ0v) is 10.3. The molecule has 4 nitrogen and oxygen atoms in total. The van der Waals surface area contributed by atoms with Crippen LogP contribution in [0, 0.1) is 0 Å². The quantitative estimate of drug-likeness (QED) is 0.764. The minimum atomic E-state index is -0.305. The van der Waals surface area contributed by atoms with Crippen LogP contribution in [0.5, 0.6) is 5.75 Å². The molecule has 1 fully saturated rings. The van der Waals surface area contributed by atoms with Crippen molar-refractivity contribution in [3.8, 4) is 5.75 Å². The van der Waals surface area contributed by atoms with Crippen LogP contribution in [-0.2, 0) is 20.9 Å². The molecule has 4 heteroatoms. The molecule has 1 aliphatic rings. The number of benzene rings is 1. The number of hydrogen-bond donors (Lipinski definition) is 0.